The Hall–Kier alpha value is -2.39. The minimum atomic E-state index is 0. The number of nitrogens with one attached hydrogen (secondary N) is 2. The molecule has 0 unspecified atom stereocenters. The van der Waals surface area contributed by atoms with Gasteiger partial charge in [0.1, 0.15) is 0 Å². The molecule has 6 nitrogen and oxygen atoms in total. The van der Waals surface area contributed by atoms with Crippen LogP contribution in [0, 0.1) is 0 Å². The maximum Gasteiger partial charge on any atom is 0.191 e. The topological polar surface area (TPSA) is 63.5 Å². The molecule has 2 aromatic carbocycles. The minimum absolute atomic E-state index is 0. The van der Waals surface area contributed by atoms with E-state index >= 15 is 0 Å². The number of hydrogen-bond donors (Lipinski definition) is 2. The summed E-state index contributed by atoms with van der Waals surface area (Å²) < 4.78 is 7.53. The molecule has 0 spiro atoms. The van der Waals surface area contributed by atoms with Crippen molar-refractivity contribution in [3.8, 4) is 0 Å². The summed E-state index contributed by atoms with van der Waals surface area (Å²) in [6, 6.07) is 18.7. The zero-order valence-corrected chi connectivity index (χ0v) is 20.6. The Labute approximate surface area is 202 Å². The maximum atomic E-state index is 5.59. The van der Waals surface area contributed by atoms with Crippen LogP contribution in [0.25, 0.3) is 0 Å². The van der Waals surface area contributed by atoms with Crippen LogP contribution >= 0.6 is 24.0 Å². The molecular weight excluding hydrogens is 501 g/mol. The third-order valence-electron chi connectivity index (χ3n) is 4.79. The van der Waals surface area contributed by atoms with Crippen molar-refractivity contribution < 1.29 is 4.74 Å². The normalized spacial score (nSPS) is 11.1. The Morgan fingerprint density at radius 1 is 0.935 bits per heavy atom. The van der Waals surface area contributed by atoms with E-state index in [2.05, 4.69) is 59.1 Å². The summed E-state index contributed by atoms with van der Waals surface area (Å²) in [7, 11) is 0. The lowest BCUT2D eigenvalue weighted by molar-refractivity contribution is 0.133. The monoisotopic (exact) mass is 533 g/mol. The molecule has 7 heteroatoms. The van der Waals surface area contributed by atoms with E-state index in [-0.39, 0.29) is 24.0 Å². The van der Waals surface area contributed by atoms with Crippen LogP contribution in [0.1, 0.15) is 36.1 Å². The highest BCUT2D eigenvalue weighted by Gasteiger charge is 2.06. The molecule has 0 saturated carbocycles. The van der Waals surface area contributed by atoms with Crippen LogP contribution in [0.4, 0.5) is 0 Å². The number of guanidine groups is 1. The number of hydrogen-bond acceptors (Lipinski definition) is 3. The van der Waals surface area contributed by atoms with Crippen molar-refractivity contribution >= 4 is 29.9 Å². The first-order valence-electron chi connectivity index (χ1n) is 10.5. The van der Waals surface area contributed by atoms with Crippen molar-refractivity contribution in [2.45, 2.75) is 40.1 Å². The smallest absolute Gasteiger partial charge is 0.191 e. The zero-order chi connectivity index (χ0) is 21.0. The predicted octanol–water partition coefficient (Wildman–Crippen LogP) is 4.34. The van der Waals surface area contributed by atoms with Crippen molar-refractivity contribution in [3.63, 3.8) is 0 Å². The van der Waals surface area contributed by atoms with Gasteiger partial charge >= 0.3 is 0 Å². The Balaban J connectivity index is 0.00000341. The van der Waals surface area contributed by atoms with E-state index in [4.69, 9.17) is 9.73 Å². The maximum absolute atomic E-state index is 5.59. The van der Waals surface area contributed by atoms with E-state index in [9.17, 15) is 0 Å². The number of nitrogens with zero attached hydrogens (tertiary/aromatic N) is 3. The summed E-state index contributed by atoms with van der Waals surface area (Å²) >= 11 is 0. The van der Waals surface area contributed by atoms with Gasteiger partial charge in [-0.05, 0) is 42.2 Å². The highest BCUT2D eigenvalue weighted by atomic mass is 127. The van der Waals surface area contributed by atoms with Crippen LogP contribution in [0.3, 0.4) is 0 Å². The fourth-order valence-electron chi connectivity index (χ4n) is 3.20. The molecule has 1 aromatic heterocycles. The average molecular weight is 533 g/mol. The van der Waals surface area contributed by atoms with Gasteiger partial charge in [0.05, 0.1) is 19.7 Å². The Morgan fingerprint density at radius 3 is 2.32 bits per heavy atom. The SMILES string of the molecule is CCNC(=NCc1ccccc1COCC)NCc1ccccc1Cn1cccn1.I. The fourth-order valence-corrected chi connectivity index (χ4v) is 3.20. The second kappa shape index (κ2) is 13.8. The molecule has 0 aliphatic carbocycles. The van der Waals surface area contributed by atoms with Crippen LogP contribution in [0.15, 0.2) is 72.0 Å². The van der Waals surface area contributed by atoms with Crippen LogP contribution in [-0.2, 0) is 31.0 Å². The van der Waals surface area contributed by atoms with Crippen molar-refractivity contribution in [2.75, 3.05) is 13.2 Å². The van der Waals surface area contributed by atoms with E-state index in [1.54, 1.807) is 6.20 Å². The van der Waals surface area contributed by atoms with Gasteiger partial charge in [0.15, 0.2) is 5.96 Å². The molecule has 3 rings (SSSR count). The van der Waals surface area contributed by atoms with Crippen LogP contribution in [-0.4, -0.2) is 28.9 Å². The van der Waals surface area contributed by atoms with Gasteiger partial charge in [0.2, 0.25) is 0 Å². The second-order valence-corrected chi connectivity index (χ2v) is 6.93. The molecule has 2 N–H and O–H groups in total. The summed E-state index contributed by atoms with van der Waals surface area (Å²) in [4.78, 5) is 4.79. The van der Waals surface area contributed by atoms with Gasteiger partial charge < -0.3 is 15.4 Å². The van der Waals surface area contributed by atoms with E-state index < -0.39 is 0 Å². The van der Waals surface area contributed by atoms with Crippen molar-refractivity contribution in [1.82, 2.24) is 20.4 Å². The van der Waals surface area contributed by atoms with Gasteiger partial charge in [0, 0.05) is 32.1 Å². The van der Waals surface area contributed by atoms with Gasteiger partial charge in [-0.3, -0.25) is 4.68 Å². The quantitative estimate of drug-likeness (QED) is 0.231. The highest BCUT2D eigenvalue weighted by molar-refractivity contribution is 14.0. The first kappa shape index (κ1) is 24.9. The molecular formula is C24H32IN5O. The van der Waals surface area contributed by atoms with E-state index in [0.717, 1.165) is 19.0 Å². The summed E-state index contributed by atoms with van der Waals surface area (Å²) in [5.41, 5.74) is 4.84. The second-order valence-electron chi connectivity index (χ2n) is 6.93. The van der Waals surface area contributed by atoms with Gasteiger partial charge in [-0.1, -0.05) is 48.5 Å². The lowest BCUT2D eigenvalue weighted by Crippen LogP contribution is -2.37. The number of rotatable bonds is 10. The molecule has 31 heavy (non-hydrogen) atoms. The first-order chi connectivity index (χ1) is 14.8. The molecule has 0 saturated heterocycles. The fraction of sp³-hybridized carbons (Fsp3) is 0.333. The minimum Gasteiger partial charge on any atom is -0.377 e. The number of benzene rings is 2. The third kappa shape index (κ3) is 7.99. The standard InChI is InChI=1S/C24H31N5O.HI/c1-3-25-24(27-17-21-11-6-8-13-23(21)19-30-4-2)26-16-20-10-5-7-12-22(20)18-29-15-9-14-28-29;/h5-15H,3-4,16-19H2,1-2H3,(H2,25,26,27);1H. The molecule has 166 valence electrons. The lowest BCUT2D eigenvalue weighted by Gasteiger charge is -2.15. The van der Waals surface area contributed by atoms with E-state index in [1.165, 1.54) is 22.3 Å². The molecule has 1 heterocycles. The molecule has 0 amide bonds. The molecule has 3 aromatic rings. The number of halogens is 1. The first-order valence-corrected chi connectivity index (χ1v) is 10.5. The van der Waals surface area contributed by atoms with Gasteiger partial charge in [-0.25, -0.2) is 4.99 Å². The van der Waals surface area contributed by atoms with Crippen LogP contribution in [0.5, 0.6) is 0 Å². The Morgan fingerprint density at radius 2 is 1.65 bits per heavy atom. The summed E-state index contributed by atoms with van der Waals surface area (Å²) in [5.74, 6) is 0.803. The Bertz CT molecular complexity index is 927. The summed E-state index contributed by atoms with van der Waals surface area (Å²) in [6.45, 7) is 8.28. The highest BCUT2D eigenvalue weighted by Crippen LogP contribution is 2.12. The molecule has 0 aliphatic heterocycles. The van der Waals surface area contributed by atoms with Crippen LogP contribution in [0.2, 0.25) is 0 Å². The van der Waals surface area contributed by atoms with Crippen molar-refractivity contribution in [3.05, 3.63) is 89.2 Å². The summed E-state index contributed by atoms with van der Waals surface area (Å²) in [5, 5.41) is 11.1. The largest absolute Gasteiger partial charge is 0.377 e. The van der Waals surface area contributed by atoms with Crippen molar-refractivity contribution in [2.24, 2.45) is 4.99 Å². The Kier molecular flexibility index (Phi) is 11.1. The molecule has 0 aliphatic rings. The number of ether oxygens (including phenoxy) is 1. The third-order valence-corrected chi connectivity index (χ3v) is 4.79. The van der Waals surface area contributed by atoms with Crippen molar-refractivity contribution in [1.29, 1.82) is 0 Å². The average Bonchev–Trinajstić information content (AvgIpc) is 3.29. The van der Waals surface area contributed by atoms with Gasteiger partial charge in [0.25, 0.3) is 0 Å². The van der Waals surface area contributed by atoms with Crippen LogP contribution < -0.4 is 10.6 Å². The predicted molar refractivity (Wildman–Crippen MR) is 137 cm³/mol. The lowest BCUT2D eigenvalue weighted by atomic mass is 10.1. The molecule has 0 bridgehead atoms. The zero-order valence-electron chi connectivity index (χ0n) is 18.3. The van der Waals surface area contributed by atoms with Gasteiger partial charge in [-0.15, -0.1) is 24.0 Å². The van der Waals surface area contributed by atoms with E-state index in [1.807, 2.05) is 36.0 Å². The molecule has 0 fully saturated rings. The number of aliphatic imine (C=N–C) groups is 1. The summed E-state index contributed by atoms with van der Waals surface area (Å²) in [6.07, 6.45) is 3.79. The van der Waals surface area contributed by atoms with E-state index in [0.29, 0.717) is 26.3 Å². The molecule has 0 radical (unpaired) electrons. The molecule has 0 atom stereocenters. The number of aromatic nitrogens is 2. The van der Waals surface area contributed by atoms with Gasteiger partial charge in [-0.2, -0.15) is 5.10 Å².